The summed E-state index contributed by atoms with van der Waals surface area (Å²) < 4.78 is 11.9. The first-order valence-corrected chi connectivity index (χ1v) is 25.8. The summed E-state index contributed by atoms with van der Waals surface area (Å²) in [6.07, 6.45) is 16.6. The lowest BCUT2D eigenvalue weighted by molar-refractivity contribution is -0.706. The van der Waals surface area contributed by atoms with Crippen molar-refractivity contribution in [3.63, 3.8) is 0 Å². The smallest absolute Gasteiger partial charge is 0.227 e. The van der Waals surface area contributed by atoms with E-state index in [1.807, 2.05) is 0 Å². The monoisotopic (exact) mass is 790 g/mol. The van der Waals surface area contributed by atoms with Crippen molar-refractivity contribution in [1.29, 1.82) is 0 Å². The van der Waals surface area contributed by atoms with Crippen molar-refractivity contribution in [1.82, 2.24) is 4.98 Å². The molecule has 0 radical (unpaired) electrons. The Labute approximate surface area is 349 Å². The minimum absolute atomic E-state index is 0.102. The maximum atomic E-state index is 7.00. The third kappa shape index (κ3) is 7.53. The molecule has 58 heavy (non-hydrogen) atoms. The van der Waals surface area contributed by atoms with Gasteiger partial charge in [0.05, 0.1) is 19.6 Å². The van der Waals surface area contributed by atoms with Crippen LogP contribution >= 0.6 is 0 Å². The topological polar surface area (TPSA) is 33.8 Å². The number of furan rings is 1. The summed E-state index contributed by atoms with van der Waals surface area (Å²) in [6.45, 7) is 25.9. The maximum Gasteiger partial charge on any atom is 0.227 e. The number of aryl methyl sites for hydroxylation is 2. The summed E-state index contributed by atoms with van der Waals surface area (Å²) >= 11 is 0. The molecule has 302 valence electrons. The molecule has 5 heteroatoms. The second-order valence-electron chi connectivity index (χ2n) is 20.4. The Morgan fingerprint density at radius 3 is 2.34 bits per heavy atom. The summed E-state index contributed by atoms with van der Waals surface area (Å²) in [4.78, 5) is 5.21. The highest BCUT2D eigenvalue weighted by Crippen LogP contribution is 2.44. The minimum atomic E-state index is -1.63. The van der Waals surface area contributed by atoms with Gasteiger partial charge in [-0.1, -0.05) is 117 Å². The molecule has 3 atom stereocenters. The van der Waals surface area contributed by atoms with E-state index in [2.05, 4.69) is 169 Å². The molecule has 0 bridgehead atoms. The first kappa shape index (κ1) is 40.4. The van der Waals surface area contributed by atoms with E-state index in [9.17, 15) is 0 Å². The summed E-state index contributed by atoms with van der Waals surface area (Å²) in [5.41, 5.74) is 13.8. The molecule has 1 aliphatic carbocycles. The van der Waals surface area contributed by atoms with Crippen LogP contribution < -0.4 is 14.3 Å². The van der Waals surface area contributed by atoms with Crippen LogP contribution in [-0.2, 0) is 19.9 Å². The van der Waals surface area contributed by atoms with Crippen molar-refractivity contribution in [2.24, 2.45) is 18.4 Å². The van der Waals surface area contributed by atoms with E-state index >= 15 is 0 Å². The Bertz CT molecular complexity index is 2490. The molecule has 0 N–H and O–H groups in total. The molecule has 0 amide bonds. The lowest BCUT2D eigenvalue weighted by Crippen LogP contribution is -2.53. The molecule has 5 heterocycles. The standard InChI is InChI=1S/C53H67N3OSi/c1-12-46-42(40-20-16-17-21-41(40)47-32-39(30-34(2)3)49(33-56(46)47)58(9,10)11)24-22-37-23-25-43-44-26-27-45(35(4)53(5,6)7)54-52(44)57-51(43)50(37)48-31-38(28-29-55(48)8)36-18-14-13-15-19-36/h12,16-17,20-21,23,25-29,31-36,42,46H,1,13-15,18-19,22,24,30H2,2-11H3/q+2. The van der Waals surface area contributed by atoms with Crippen molar-refractivity contribution in [2.45, 2.75) is 136 Å². The van der Waals surface area contributed by atoms with E-state index in [1.165, 1.54) is 76.9 Å². The molecule has 1 aliphatic heterocycles. The van der Waals surface area contributed by atoms with Crippen LogP contribution in [0.3, 0.4) is 0 Å². The number of hydrogen-bond donors (Lipinski definition) is 0. The third-order valence-corrected chi connectivity index (χ3v) is 15.9. The lowest BCUT2D eigenvalue weighted by atomic mass is 9.79. The van der Waals surface area contributed by atoms with Crippen LogP contribution in [0.2, 0.25) is 19.6 Å². The largest absolute Gasteiger partial charge is 0.437 e. The molecule has 8 rings (SSSR count). The zero-order chi connectivity index (χ0) is 41.1. The van der Waals surface area contributed by atoms with E-state index < -0.39 is 8.07 Å². The van der Waals surface area contributed by atoms with E-state index in [1.54, 1.807) is 5.19 Å². The van der Waals surface area contributed by atoms with Gasteiger partial charge in [-0.05, 0) is 95.9 Å². The fourth-order valence-electron chi connectivity index (χ4n) is 10.2. The number of allylic oxidation sites excluding steroid dienone is 1. The molecule has 0 saturated heterocycles. The van der Waals surface area contributed by atoms with Crippen molar-refractivity contribution < 1.29 is 13.6 Å². The second kappa shape index (κ2) is 15.7. The van der Waals surface area contributed by atoms with Crippen molar-refractivity contribution in [3.8, 4) is 22.5 Å². The Hall–Kier alpha value is -4.35. The van der Waals surface area contributed by atoms with Crippen LogP contribution in [0.5, 0.6) is 0 Å². The zero-order valence-corrected chi connectivity index (χ0v) is 38.1. The number of hydrogen-bond acceptors (Lipinski definition) is 2. The lowest BCUT2D eigenvalue weighted by Gasteiger charge is -2.31. The number of benzene rings is 2. The van der Waals surface area contributed by atoms with Gasteiger partial charge in [-0.3, -0.25) is 0 Å². The predicted molar refractivity (Wildman–Crippen MR) is 246 cm³/mol. The molecule has 1 fully saturated rings. The van der Waals surface area contributed by atoms with Gasteiger partial charge in [0, 0.05) is 51.3 Å². The highest BCUT2D eigenvalue weighted by atomic mass is 28.3. The van der Waals surface area contributed by atoms with Gasteiger partial charge < -0.3 is 4.42 Å². The number of rotatable bonds is 10. The fourth-order valence-corrected chi connectivity index (χ4v) is 11.8. The normalized spacial score (nSPS) is 18.1. The molecular formula is C53H67N3OSi+2. The van der Waals surface area contributed by atoms with Gasteiger partial charge in [0.25, 0.3) is 0 Å². The van der Waals surface area contributed by atoms with E-state index in [0.29, 0.717) is 17.8 Å². The summed E-state index contributed by atoms with van der Waals surface area (Å²) in [6, 6.07) is 25.9. The SMILES string of the molecule is C=CC1C(CCc2ccc3c(oc4nc(C(C)C(C)(C)C)ccc43)c2-c2cc(C3CCCCC3)cc[n+]2C)c2ccccc2-c2cc(CC(C)C)c([Si](C)(C)C)c[n+]21. The molecule has 4 aromatic heterocycles. The van der Waals surface area contributed by atoms with Crippen LogP contribution in [0.1, 0.15) is 132 Å². The predicted octanol–water partition coefficient (Wildman–Crippen LogP) is 12.8. The third-order valence-electron chi connectivity index (χ3n) is 13.8. The number of aromatic nitrogens is 3. The maximum absolute atomic E-state index is 7.00. The first-order chi connectivity index (χ1) is 27.6. The van der Waals surface area contributed by atoms with E-state index in [0.717, 1.165) is 47.0 Å². The van der Waals surface area contributed by atoms with Gasteiger partial charge in [0.2, 0.25) is 17.1 Å². The Balaban J connectivity index is 1.26. The number of fused-ring (bicyclic) bond motifs is 6. The summed E-state index contributed by atoms with van der Waals surface area (Å²) in [7, 11) is 0.571. The summed E-state index contributed by atoms with van der Waals surface area (Å²) in [5.74, 6) is 1.80. The zero-order valence-electron chi connectivity index (χ0n) is 37.1. The number of pyridine rings is 3. The van der Waals surface area contributed by atoms with Gasteiger partial charge in [-0.15, -0.1) is 0 Å². The van der Waals surface area contributed by atoms with Crippen LogP contribution in [0.4, 0.5) is 0 Å². The van der Waals surface area contributed by atoms with Gasteiger partial charge in [0.15, 0.2) is 24.0 Å². The molecule has 6 aromatic rings. The van der Waals surface area contributed by atoms with E-state index in [-0.39, 0.29) is 17.4 Å². The minimum Gasteiger partial charge on any atom is -0.437 e. The average Bonchev–Trinajstić information content (AvgIpc) is 3.56. The van der Waals surface area contributed by atoms with Gasteiger partial charge >= 0.3 is 0 Å². The quantitative estimate of drug-likeness (QED) is 0.0787. The number of nitrogens with zero attached hydrogens (tertiary/aromatic N) is 3. The van der Waals surface area contributed by atoms with E-state index in [4.69, 9.17) is 9.40 Å². The average molecular weight is 790 g/mol. The first-order valence-electron chi connectivity index (χ1n) is 22.3. The van der Waals surface area contributed by atoms with Crippen LogP contribution in [0.25, 0.3) is 44.6 Å². The molecular weight excluding hydrogens is 723 g/mol. The summed E-state index contributed by atoms with van der Waals surface area (Å²) in [5, 5.41) is 3.81. The molecule has 3 unspecified atom stereocenters. The van der Waals surface area contributed by atoms with Crippen LogP contribution in [0.15, 0.2) is 96.2 Å². The molecule has 2 aliphatic rings. The Kier molecular flexibility index (Phi) is 10.9. The highest BCUT2D eigenvalue weighted by molar-refractivity contribution is 6.89. The molecule has 1 saturated carbocycles. The van der Waals surface area contributed by atoms with Gasteiger partial charge in [-0.25, -0.2) is 9.55 Å². The van der Waals surface area contributed by atoms with Crippen LogP contribution in [-0.4, -0.2) is 13.1 Å². The fraction of sp³-hybridized carbons (Fsp3) is 0.453. The van der Waals surface area contributed by atoms with Gasteiger partial charge in [-0.2, -0.15) is 4.57 Å². The van der Waals surface area contributed by atoms with Crippen molar-refractivity contribution >= 4 is 35.3 Å². The molecule has 0 spiro atoms. The van der Waals surface area contributed by atoms with Crippen molar-refractivity contribution in [3.05, 3.63) is 120 Å². The molecule has 4 nitrogen and oxygen atoms in total. The molecule has 2 aromatic carbocycles. The van der Waals surface area contributed by atoms with Gasteiger partial charge in [0.1, 0.15) is 7.05 Å². The Morgan fingerprint density at radius 2 is 1.64 bits per heavy atom. The Morgan fingerprint density at radius 1 is 0.897 bits per heavy atom. The van der Waals surface area contributed by atoms with Crippen molar-refractivity contribution in [2.75, 3.05) is 0 Å². The highest BCUT2D eigenvalue weighted by Gasteiger charge is 2.40. The second-order valence-corrected chi connectivity index (χ2v) is 25.4. The van der Waals surface area contributed by atoms with Crippen LogP contribution in [0, 0.1) is 11.3 Å².